The van der Waals surface area contributed by atoms with Gasteiger partial charge in [0, 0.05) is 31.5 Å². The largest absolute Gasteiger partial charge is 0.493 e. The molecule has 0 bridgehead atoms. The fourth-order valence-corrected chi connectivity index (χ4v) is 7.97. The molecular formula is C35H47N3O7S. The smallest absolute Gasteiger partial charge is 0.245 e. The van der Waals surface area contributed by atoms with Crippen molar-refractivity contribution >= 4 is 29.3 Å². The van der Waals surface area contributed by atoms with E-state index in [1.807, 2.05) is 23.3 Å². The van der Waals surface area contributed by atoms with Gasteiger partial charge in [-0.25, -0.2) is 0 Å². The van der Waals surface area contributed by atoms with Crippen LogP contribution in [0.2, 0.25) is 0 Å². The summed E-state index contributed by atoms with van der Waals surface area (Å²) in [6.07, 6.45) is 8.10. The normalized spacial score (nSPS) is 22.7. The number of methoxy groups -OCH3 is 3. The second kappa shape index (κ2) is 14.5. The molecule has 4 atom stereocenters. The van der Waals surface area contributed by atoms with Crippen molar-refractivity contribution in [1.29, 1.82) is 0 Å². The molecule has 1 saturated heterocycles. The molecule has 0 radical (unpaired) electrons. The van der Waals surface area contributed by atoms with Gasteiger partial charge in [0.05, 0.1) is 38.7 Å². The van der Waals surface area contributed by atoms with Gasteiger partial charge in [0.2, 0.25) is 23.0 Å². The fraction of sp³-hybridized carbons (Fsp3) is 0.571. The van der Waals surface area contributed by atoms with Gasteiger partial charge in [-0.2, -0.15) is 11.8 Å². The van der Waals surface area contributed by atoms with Crippen LogP contribution in [0.3, 0.4) is 0 Å². The lowest BCUT2D eigenvalue weighted by Gasteiger charge is -2.48. The zero-order valence-electron chi connectivity index (χ0n) is 27.6. The number of piperidine rings is 1. The van der Waals surface area contributed by atoms with Gasteiger partial charge in [0.25, 0.3) is 0 Å². The lowest BCUT2D eigenvalue weighted by molar-refractivity contribution is -0.144. The molecule has 10 nitrogen and oxygen atoms in total. The Morgan fingerprint density at radius 3 is 2.57 bits per heavy atom. The van der Waals surface area contributed by atoms with Gasteiger partial charge in [-0.05, 0) is 85.4 Å². The average Bonchev–Trinajstić information content (AvgIpc) is 3.29. The first-order chi connectivity index (χ1) is 22.1. The van der Waals surface area contributed by atoms with Crippen LogP contribution in [0.5, 0.6) is 17.2 Å². The van der Waals surface area contributed by atoms with Crippen molar-refractivity contribution in [2.45, 2.75) is 76.0 Å². The van der Waals surface area contributed by atoms with Crippen molar-refractivity contribution < 1.29 is 28.9 Å². The number of likely N-dealkylation sites (tertiary alicyclic amines) is 1. The molecular weight excluding hydrogens is 606 g/mol. The van der Waals surface area contributed by atoms with Crippen LogP contribution in [-0.2, 0) is 16.0 Å². The SMILES string of the molecule is COc1cc2c(c(OC)c1OC)-c1ccc(N[C@@H](CCSC)C(=O)N3CCC4(O)CCCCC4C3)c(=O)cc1[C@@H](NC(C)=O)CC2. The standard InChI is InChI=1S/C35H47N3O7S/c1-21(39)36-26-11-9-22-18-30(43-2)32(44-3)33(45-4)31(22)24-10-12-27(29(40)19-25(24)26)37-28(13-17-46-5)34(41)38-16-15-35(42)14-7-6-8-23(35)20-38/h10,12,18-19,23,26,28,42H,6-9,11,13-17,20H2,1-5H3,(H,36,39)(H,37,40)/t23?,26-,28-,35?/m0/s1. The molecule has 1 saturated carbocycles. The number of hydrogen-bond acceptors (Lipinski definition) is 9. The number of fused-ring (bicyclic) bond motifs is 4. The van der Waals surface area contributed by atoms with Crippen LogP contribution in [0.15, 0.2) is 29.1 Å². The summed E-state index contributed by atoms with van der Waals surface area (Å²) in [7, 11) is 4.69. The van der Waals surface area contributed by atoms with Gasteiger partial charge in [-0.3, -0.25) is 14.4 Å². The zero-order valence-corrected chi connectivity index (χ0v) is 28.4. The maximum Gasteiger partial charge on any atom is 0.245 e. The van der Waals surface area contributed by atoms with E-state index in [-0.39, 0.29) is 23.2 Å². The van der Waals surface area contributed by atoms with E-state index in [1.54, 1.807) is 45.2 Å². The van der Waals surface area contributed by atoms with Crippen molar-refractivity contribution in [2.24, 2.45) is 5.92 Å². The minimum atomic E-state index is -0.682. The molecule has 46 heavy (non-hydrogen) atoms. The number of thioether (sulfide) groups is 1. The van der Waals surface area contributed by atoms with E-state index in [9.17, 15) is 19.5 Å². The summed E-state index contributed by atoms with van der Waals surface area (Å²) < 4.78 is 17.2. The predicted molar refractivity (Wildman–Crippen MR) is 181 cm³/mol. The first-order valence-electron chi connectivity index (χ1n) is 16.2. The number of amides is 2. The molecule has 2 aliphatic carbocycles. The second-order valence-corrected chi connectivity index (χ2v) is 13.6. The fourth-order valence-electron chi connectivity index (χ4n) is 7.50. The molecule has 11 heteroatoms. The quantitative estimate of drug-likeness (QED) is 0.339. The van der Waals surface area contributed by atoms with Crippen LogP contribution >= 0.6 is 11.8 Å². The topological polar surface area (TPSA) is 126 Å². The molecule has 1 aliphatic heterocycles. The van der Waals surface area contributed by atoms with Crippen LogP contribution in [0.4, 0.5) is 5.69 Å². The number of hydrogen-bond donors (Lipinski definition) is 3. The molecule has 250 valence electrons. The van der Waals surface area contributed by atoms with Gasteiger partial charge < -0.3 is 34.9 Å². The van der Waals surface area contributed by atoms with E-state index in [4.69, 9.17) is 14.2 Å². The highest BCUT2D eigenvalue weighted by Gasteiger charge is 2.44. The maximum absolute atomic E-state index is 14.0. The number of rotatable bonds is 10. The highest BCUT2D eigenvalue weighted by Crippen LogP contribution is 2.50. The highest BCUT2D eigenvalue weighted by atomic mass is 32.2. The van der Waals surface area contributed by atoms with Crippen molar-refractivity contribution in [3.05, 3.63) is 45.6 Å². The van der Waals surface area contributed by atoms with E-state index in [1.165, 1.54) is 6.92 Å². The minimum Gasteiger partial charge on any atom is -0.493 e. The van der Waals surface area contributed by atoms with Crippen LogP contribution in [0, 0.1) is 5.92 Å². The third kappa shape index (κ3) is 6.81. The van der Waals surface area contributed by atoms with E-state index < -0.39 is 17.7 Å². The van der Waals surface area contributed by atoms with Gasteiger partial charge in [0.15, 0.2) is 11.5 Å². The maximum atomic E-state index is 14.0. The predicted octanol–water partition coefficient (Wildman–Crippen LogP) is 4.55. The molecule has 0 aromatic heterocycles. The Hall–Kier alpha value is -3.44. The number of nitrogens with zero attached hydrogens (tertiary/aromatic N) is 1. The molecule has 3 N–H and O–H groups in total. The summed E-state index contributed by atoms with van der Waals surface area (Å²) in [6.45, 7) is 2.51. The Kier molecular flexibility index (Phi) is 10.7. The summed E-state index contributed by atoms with van der Waals surface area (Å²) in [5, 5.41) is 17.6. The van der Waals surface area contributed by atoms with Crippen LogP contribution in [0.25, 0.3) is 11.1 Å². The van der Waals surface area contributed by atoms with Gasteiger partial charge in [-0.15, -0.1) is 0 Å². The van der Waals surface area contributed by atoms with E-state index in [2.05, 4.69) is 10.6 Å². The molecule has 3 aliphatic rings. The van der Waals surface area contributed by atoms with Gasteiger partial charge >= 0.3 is 0 Å². The van der Waals surface area contributed by atoms with E-state index >= 15 is 0 Å². The molecule has 1 heterocycles. The van der Waals surface area contributed by atoms with E-state index in [0.717, 1.165) is 48.1 Å². The molecule has 2 aromatic carbocycles. The molecule has 5 rings (SSSR count). The van der Waals surface area contributed by atoms with Crippen molar-refractivity contribution in [3.63, 3.8) is 0 Å². The number of aryl methyl sites for hydroxylation is 1. The van der Waals surface area contributed by atoms with Crippen LogP contribution in [0.1, 0.15) is 69.0 Å². The van der Waals surface area contributed by atoms with Crippen molar-refractivity contribution in [2.75, 3.05) is 51.7 Å². The zero-order chi connectivity index (χ0) is 33.0. The average molecular weight is 654 g/mol. The van der Waals surface area contributed by atoms with E-state index in [0.29, 0.717) is 67.3 Å². The lowest BCUT2D eigenvalue weighted by atomic mass is 9.71. The van der Waals surface area contributed by atoms with Crippen LogP contribution < -0.4 is 30.3 Å². The Balaban J connectivity index is 1.55. The Morgan fingerprint density at radius 2 is 1.87 bits per heavy atom. The van der Waals surface area contributed by atoms with Crippen LogP contribution in [-0.4, -0.2) is 79.9 Å². The molecule has 2 amide bonds. The third-order valence-electron chi connectivity index (χ3n) is 9.89. The van der Waals surface area contributed by atoms with Gasteiger partial charge in [0.1, 0.15) is 6.04 Å². The Morgan fingerprint density at radius 1 is 1.09 bits per heavy atom. The summed E-state index contributed by atoms with van der Waals surface area (Å²) in [5.41, 5.74) is 2.46. The van der Waals surface area contributed by atoms with Crippen molar-refractivity contribution in [1.82, 2.24) is 10.2 Å². The summed E-state index contributed by atoms with van der Waals surface area (Å²) >= 11 is 1.65. The minimum absolute atomic E-state index is 0.0471. The van der Waals surface area contributed by atoms with Crippen molar-refractivity contribution in [3.8, 4) is 28.4 Å². The van der Waals surface area contributed by atoms with Gasteiger partial charge in [-0.1, -0.05) is 18.9 Å². The number of anilines is 1. The lowest BCUT2D eigenvalue weighted by Crippen LogP contribution is -2.57. The number of carbonyl (C=O) groups excluding carboxylic acids is 2. The Bertz CT molecular complexity index is 1520. The number of ether oxygens (including phenoxy) is 3. The summed E-state index contributed by atoms with van der Waals surface area (Å²) in [6, 6.07) is 6.06. The number of nitrogens with one attached hydrogen (secondary N) is 2. The molecule has 2 aromatic rings. The molecule has 2 unspecified atom stereocenters. The highest BCUT2D eigenvalue weighted by molar-refractivity contribution is 7.98. The molecule has 0 spiro atoms. The summed E-state index contributed by atoms with van der Waals surface area (Å²) in [5.74, 6) is 2.03. The second-order valence-electron chi connectivity index (χ2n) is 12.7. The third-order valence-corrected chi connectivity index (χ3v) is 10.5. The number of carbonyl (C=O) groups is 2. The first-order valence-corrected chi connectivity index (χ1v) is 17.6. The number of aliphatic hydroxyl groups is 1. The number of benzene rings is 1. The summed E-state index contributed by atoms with van der Waals surface area (Å²) in [4.78, 5) is 42.1. The molecule has 2 fully saturated rings. The monoisotopic (exact) mass is 653 g/mol. The first kappa shape index (κ1) is 33.9. The Labute approximate surface area is 275 Å².